The summed E-state index contributed by atoms with van der Waals surface area (Å²) in [6.45, 7) is 5.41. The summed E-state index contributed by atoms with van der Waals surface area (Å²) in [5, 5.41) is 11.3. The SMILES string of the molecule is CCC1CN(C(=O)NCC(C)C(=O)O)CCO1. The van der Waals surface area contributed by atoms with Crippen LogP contribution in [-0.2, 0) is 9.53 Å². The van der Waals surface area contributed by atoms with Crippen LogP contribution in [0.5, 0.6) is 0 Å². The van der Waals surface area contributed by atoms with E-state index in [1.54, 1.807) is 11.8 Å². The second-order valence-electron chi connectivity index (χ2n) is 4.27. The Kier molecular flexibility index (Phi) is 5.21. The van der Waals surface area contributed by atoms with Crippen LogP contribution >= 0.6 is 0 Å². The number of carboxylic acid groups (broad SMARTS) is 1. The number of aliphatic carboxylic acids is 1. The second kappa shape index (κ2) is 6.44. The number of morpholine rings is 1. The first-order valence-electron chi connectivity index (χ1n) is 5.91. The summed E-state index contributed by atoms with van der Waals surface area (Å²) in [5.41, 5.74) is 0. The van der Waals surface area contributed by atoms with E-state index in [4.69, 9.17) is 9.84 Å². The van der Waals surface area contributed by atoms with Gasteiger partial charge in [0, 0.05) is 19.6 Å². The molecule has 0 aliphatic carbocycles. The maximum atomic E-state index is 11.8. The van der Waals surface area contributed by atoms with Gasteiger partial charge in [-0.1, -0.05) is 13.8 Å². The Bertz CT molecular complexity index is 283. The molecule has 1 saturated heterocycles. The van der Waals surface area contributed by atoms with Crippen molar-refractivity contribution >= 4 is 12.0 Å². The third-order valence-electron chi connectivity index (χ3n) is 2.86. The quantitative estimate of drug-likeness (QED) is 0.756. The highest BCUT2D eigenvalue weighted by Gasteiger charge is 2.23. The van der Waals surface area contributed by atoms with Crippen molar-refractivity contribution in [3.8, 4) is 0 Å². The average molecular weight is 244 g/mol. The highest BCUT2D eigenvalue weighted by Crippen LogP contribution is 2.08. The van der Waals surface area contributed by atoms with Crippen LogP contribution in [0.25, 0.3) is 0 Å². The molecule has 0 radical (unpaired) electrons. The number of hydrogen-bond donors (Lipinski definition) is 2. The lowest BCUT2D eigenvalue weighted by atomic mass is 10.2. The zero-order chi connectivity index (χ0) is 12.8. The summed E-state index contributed by atoms with van der Waals surface area (Å²) in [6.07, 6.45) is 0.960. The summed E-state index contributed by atoms with van der Waals surface area (Å²) >= 11 is 0. The topological polar surface area (TPSA) is 78.9 Å². The molecule has 1 aliphatic rings. The van der Waals surface area contributed by atoms with Crippen molar-refractivity contribution in [2.45, 2.75) is 26.4 Å². The van der Waals surface area contributed by atoms with E-state index in [9.17, 15) is 9.59 Å². The van der Waals surface area contributed by atoms with Crippen molar-refractivity contribution in [3.63, 3.8) is 0 Å². The van der Waals surface area contributed by atoms with Gasteiger partial charge in [0.2, 0.25) is 0 Å². The van der Waals surface area contributed by atoms with Crippen LogP contribution < -0.4 is 5.32 Å². The fourth-order valence-electron chi connectivity index (χ4n) is 1.59. The van der Waals surface area contributed by atoms with Crippen LogP contribution in [0.1, 0.15) is 20.3 Å². The van der Waals surface area contributed by atoms with Gasteiger partial charge in [0.15, 0.2) is 0 Å². The van der Waals surface area contributed by atoms with Gasteiger partial charge in [0.1, 0.15) is 0 Å². The standard InChI is InChI=1S/C11H20N2O4/c1-3-9-7-13(4-5-17-9)11(16)12-6-8(2)10(14)15/h8-9H,3-7H2,1-2H3,(H,12,16)(H,14,15). The number of rotatable bonds is 4. The molecular weight excluding hydrogens is 224 g/mol. The van der Waals surface area contributed by atoms with E-state index < -0.39 is 11.9 Å². The number of nitrogens with zero attached hydrogens (tertiary/aromatic N) is 1. The molecule has 0 bridgehead atoms. The molecule has 0 spiro atoms. The van der Waals surface area contributed by atoms with Gasteiger partial charge in [0.25, 0.3) is 0 Å². The molecule has 2 N–H and O–H groups in total. The Morgan fingerprint density at radius 3 is 2.88 bits per heavy atom. The van der Waals surface area contributed by atoms with Crippen LogP contribution in [0.4, 0.5) is 4.79 Å². The molecule has 2 amide bonds. The Labute approximate surface area is 101 Å². The number of nitrogens with one attached hydrogen (secondary N) is 1. The van der Waals surface area contributed by atoms with E-state index in [0.717, 1.165) is 6.42 Å². The third kappa shape index (κ3) is 4.22. The third-order valence-corrected chi connectivity index (χ3v) is 2.86. The highest BCUT2D eigenvalue weighted by atomic mass is 16.5. The molecule has 2 atom stereocenters. The Morgan fingerprint density at radius 1 is 1.59 bits per heavy atom. The summed E-state index contributed by atoms with van der Waals surface area (Å²) < 4.78 is 5.46. The monoisotopic (exact) mass is 244 g/mol. The summed E-state index contributed by atoms with van der Waals surface area (Å²) in [5.74, 6) is -1.47. The van der Waals surface area contributed by atoms with E-state index in [1.807, 2.05) is 6.92 Å². The Balaban J connectivity index is 2.34. The Hall–Kier alpha value is -1.30. The normalized spacial score (nSPS) is 22.0. The molecule has 2 unspecified atom stereocenters. The first kappa shape index (κ1) is 13.8. The van der Waals surface area contributed by atoms with Crippen LogP contribution in [0.3, 0.4) is 0 Å². The lowest BCUT2D eigenvalue weighted by Gasteiger charge is -2.32. The number of ether oxygens (including phenoxy) is 1. The highest BCUT2D eigenvalue weighted by molar-refractivity contribution is 5.76. The van der Waals surface area contributed by atoms with Gasteiger partial charge in [-0.05, 0) is 6.42 Å². The molecule has 1 fully saturated rings. The first-order valence-corrected chi connectivity index (χ1v) is 5.91. The maximum Gasteiger partial charge on any atom is 0.317 e. The number of carbonyl (C=O) groups is 2. The van der Waals surface area contributed by atoms with Crippen LogP contribution in [0.15, 0.2) is 0 Å². The minimum absolute atomic E-state index is 0.0893. The molecule has 1 rings (SSSR count). The van der Waals surface area contributed by atoms with Crippen LogP contribution in [0.2, 0.25) is 0 Å². The number of carboxylic acids is 1. The van der Waals surface area contributed by atoms with Gasteiger partial charge in [-0.2, -0.15) is 0 Å². The molecular formula is C11H20N2O4. The first-order chi connectivity index (χ1) is 8.04. The predicted octanol–water partition coefficient (Wildman–Crippen LogP) is 0.527. The zero-order valence-corrected chi connectivity index (χ0v) is 10.3. The molecule has 0 aromatic heterocycles. The van der Waals surface area contributed by atoms with Gasteiger partial charge in [-0.25, -0.2) is 4.79 Å². The van der Waals surface area contributed by atoms with E-state index in [0.29, 0.717) is 19.7 Å². The van der Waals surface area contributed by atoms with Gasteiger partial charge < -0.3 is 20.1 Å². The second-order valence-corrected chi connectivity index (χ2v) is 4.27. The van der Waals surface area contributed by atoms with E-state index in [1.165, 1.54) is 0 Å². The molecule has 17 heavy (non-hydrogen) atoms. The minimum atomic E-state index is -0.904. The molecule has 1 aliphatic heterocycles. The predicted molar refractivity (Wildman–Crippen MR) is 61.8 cm³/mol. The van der Waals surface area contributed by atoms with Crippen molar-refractivity contribution < 1.29 is 19.4 Å². The van der Waals surface area contributed by atoms with Gasteiger partial charge in [0.05, 0.1) is 18.6 Å². The number of carbonyl (C=O) groups excluding carboxylic acids is 1. The smallest absolute Gasteiger partial charge is 0.317 e. The van der Waals surface area contributed by atoms with Crippen molar-refractivity contribution in [3.05, 3.63) is 0 Å². The number of hydrogen-bond acceptors (Lipinski definition) is 3. The largest absolute Gasteiger partial charge is 0.481 e. The molecule has 98 valence electrons. The van der Waals surface area contributed by atoms with Gasteiger partial charge >= 0.3 is 12.0 Å². The van der Waals surface area contributed by atoms with Crippen molar-refractivity contribution in [2.24, 2.45) is 5.92 Å². The summed E-state index contributed by atoms with van der Waals surface area (Å²) in [7, 11) is 0. The van der Waals surface area contributed by atoms with Crippen LogP contribution in [-0.4, -0.2) is 54.4 Å². The average Bonchev–Trinajstić information content (AvgIpc) is 2.35. The summed E-state index contributed by atoms with van der Waals surface area (Å²) in [4.78, 5) is 24.0. The molecule has 0 aromatic carbocycles. The fourth-order valence-corrected chi connectivity index (χ4v) is 1.59. The lowest BCUT2D eigenvalue weighted by Crippen LogP contribution is -2.50. The van der Waals surface area contributed by atoms with E-state index in [2.05, 4.69) is 5.32 Å². The molecule has 0 saturated carbocycles. The molecule has 0 aromatic rings. The van der Waals surface area contributed by atoms with Gasteiger partial charge in [-0.3, -0.25) is 4.79 Å². The minimum Gasteiger partial charge on any atom is -0.481 e. The van der Waals surface area contributed by atoms with Gasteiger partial charge in [-0.15, -0.1) is 0 Å². The summed E-state index contributed by atoms with van der Waals surface area (Å²) in [6, 6.07) is -0.208. The molecule has 6 nitrogen and oxygen atoms in total. The molecule has 6 heteroatoms. The van der Waals surface area contributed by atoms with E-state index >= 15 is 0 Å². The maximum absolute atomic E-state index is 11.8. The lowest BCUT2D eigenvalue weighted by molar-refractivity contribution is -0.140. The fraction of sp³-hybridized carbons (Fsp3) is 0.818. The molecule has 1 heterocycles. The number of amides is 2. The van der Waals surface area contributed by atoms with Crippen molar-refractivity contribution in [2.75, 3.05) is 26.2 Å². The zero-order valence-electron chi connectivity index (χ0n) is 10.3. The van der Waals surface area contributed by atoms with Crippen LogP contribution in [0, 0.1) is 5.92 Å². The Morgan fingerprint density at radius 2 is 2.29 bits per heavy atom. The number of urea groups is 1. The van der Waals surface area contributed by atoms with Crippen molar-refractivity contribution in [1.82, 2.24) is 10.2 Å². The van der Waals surface area contributed by atoms with Crippen molar-refractivity contribution in [1.29, 1.82) is 0 Å². The van der Waals surface area contributed by atoms with E-state index in [-0.39, 0.29) is 18.7 Å².